The molecule has 17 heavy (non-hydrogen) atoms. The number of aliphatic hydroxyl groups excluding tert-OH is 1. The van der Waals surface area contributed by atoms with Crippen molar-refractivity contribution in [1.82, 2.24) is 9.78 Å². The van der Waals surface area contributed by atoms with Gasteiger partial charge in [0.2, 0.25) is 0 Å². The van der Waals surface area contributed by atoms with E-state index in [0.29, 0.717) is 6.54 Å². The number of hydrogen-bond acceptors (Lipinski definition) is 3. The molecule has 0 fully saturated rings. The fourth-order valence-electron chi connectivity index (χ4n) is 1.67. The molecule has 0 aliphatic rings. The van der Waals surface area contributed by atoms with Gasteiger partial charge in [0.15, 0.2) is 0 Å². The molecule has 0 aliphatic carbocycles. The zero-order chi connectivity index (χ0) is 12.3. The van der Waals surface area contributed by atoms with E-state index in [9.17, 15) is 5.11 Å². The van der Waals surface area contributed by atoms with E-state index in [0.717, 1.165) is 17.0 Å². The first-order chi connectivity index (χ1) is 8.19. The number of hydrogen-bond donors (Lipinski definition) is 1. The monoisotopic (exact) mass is 232 g/mol. The van der Waals surface area contributed by atoms with Gasteiger partial charge in [-0.3, -0.25) is 4.68 Å². The highest BCUT2D eigenvalue weighted by molar-refractivity contribution is 5.28. The third-order valence-electron chi connectivity index (χ3n) is 2.63. The Morgan fingerprint density at radius 3 is 2.53 bits per heavy atom. The van der Waals surface area contributed by atoms with Crippen molar-refractivity contribution in [2.75, 3.05) is 7.11 Å². The molecule has 0 saturated carbocycles. The van der Waals surface area contributed by atoms with Gasteiger partial charge in [0, 0.05) is 6.20 Å². The van der Waals surface area contributed by atoms with Gasteiger partial charge in [-0.05, 0) is 30.7 Å². The molecule has 4 heteroatoms. The van der Waals surface area contributed by atoms with Crippen molar-refractivity contribution >= 4 is 0 Å². The highest BCUT2D eigenvalue weighted by Gasteiger charge is 2.08. The van der Waals surface area contributed by atoms with Gasteiger partial charge < -0.3 is 9.84 Å². The normalized spacial score (nSPS) is 12.4. The molecule has 1 aromatic carbocycles. The average Bonchev–Trinajstić information content (AvgIpc) is 2.75. The van der Waals surface area contributed by atoms with Crippen LogP contribution in [-0.4, -0.2) is 22.0 Å². The summed E-state index contributed by atoms with van der Waals surface area (Å²) in [6.07, 6.45) is 1.31. The first-order valence-corrected chi connectivity index (χ1v) is 5.51. The van der Waals surface area contributed by atoms with Crippen LogP contribution in [0.1, 0.15) is 17.4 Å². The Morgan fingerprint density at radius 2 is 2.00 bits per heavy atom. The predicted octanol–water partition coefficient (Wildman–Crippen LogP) is 1.93. The zero-order valence-corrected chi connectivity index (χ0v) is 10.00. The van der Waals surface area contributed by atoms with Crippen molar-refractivity contribution in [1.29, 1.82) is 0 Å². The minimum atomic E-state index is -0.555. The van der Waals surface area contributed by atoms with Crippen molar-refractivity contribution in [2.24, 2.45) is 0 Å². The van der Waals surface area contributed by atoms with Gasteiger partial charge in [-0.25, -0.2) is 0 Å². The Hall–Kier alpha value is -1.81. The molecule has 0 aliphatic heterocycles. The van der Waals surface area contributed by atoms with Crippen LogP contribution in [0.25, 0.3) is 0 Å². The standard InChI is InChI=1S/C13H16N2O2/c1-10-7-8-15(14-10)9-13(16)11-3-5-12(17-2)6-4-11/h3-8,13,16H,9H2,1-2H3. The summed E-state index contributed by atoms with van der Waals surface area (Å²) in [4.78, 5) is 0. The van der Waals surface area contributed by atoms with Crippen LogP contribution in [0.15, 0.2) is 36.5 Å². The molecular formula is C13H16N2O2. The molecule has 0 saturated heterocycles. The van der Waals surface area contributed by atoms with Gasteiger partial charge in [0.05, 0.1) is 25.5 Å². The maximum atomic E-state index is 10.0. The summed E-state index contributed by atoms with van der Waals surface area (Å²) in [5.74, 6) is 0.788. The molecule has 0 radical (unpaired) electrons. The van der Waals surface area contributed by atoms with E-state index in [4.69, 9.17) is 4.74 Å². The summed E-state index contributed by atoms with van der Waals surface area (Å²) in [5, 5.41) is 14.3. The first kappa shape index (κ1) is 11.7. The molecule has 2 rings (SSSR count). The smallest absolute Gasteiger partial charge is 0.118 e. The van der Waals surface area contributed by atoms with E-state index in [2.05, 4.69) is 5.10 Å². The van der Waals surface area contributed by atoms with Crippen molar-refractivity contribution in [3.8, 4) is 5.75 Å². The number of nitrogens with zero attached hydrogens (tertiary/aromatic N) is 2. The molecule has 0 bridgehead atoms. The molecule has 4 nitrogen and oxygen atoms in total. The third kappa shape index (κ3) is 2.85. The molecule has 1 atom stereocenters. The Bertz CT molecular complexity index is 476. The third-order valence-corrected chi connectivity index (χ3v) is 2.63. The Kier molecular flexibility index (Phi) is 3.44. The van der Waals surface area contributed by atoms with Crippen molar-refractivity contribution < 1.29 is 9.84 Å². The van der Waals surface area contributed by atoms with Crippen LogP contribution in [0.4, 0.5) is 0 Å². The Balaban J connectivity index is 2.06. The molecular weight excluding hydrogens is 216 g/mol. The van der Waals surface area contributed by atoms with E-state index in [1.54, 1.807) is 11.8 Å². The number of benzene rings is 1. The van der Waals surface area contributed by atoms with Crippen LogP contribution in [0.5, 0.6) is 5.75 Å². The second-order valence-corrected chi connectivity index (χ2v) is 3.97. The van der Waals surface area contributed by atoms with Crippen molar-refractivity contribution in [3.63, 3.8) is 0 Å². The predicted molar refractivity (Wildman–Crippen MR) is 64.9 cm³/mol. The lowest BCUT2D eigenvalue weighted by Gasteiger charge is -2.11. The maximum absolute atomic E-state index is 10.0. The van der Waals surface area contributed by atoms with E-state index in [-0.39, 0.29) is 0 Å². The van der Waals surface area contributed by atoms with E-state index in [1.807, 2.05) is 43.5 Å². The largest absolute Gasteiger partial charge is 0.497 e. The Morgan fingerprint density at radius 1 is 1.29 bits per heavy atom. The molecule has 0 amide bonds. The number of aliphatic hydroxyl groups is 1. The summed E-state index contributed by atoms with van der Waals surface area (Å²) < 4.78 is 6.81. The molecule has 0 spiro atoms. The minimum Gasteiger partial charge on any atom is -0.497 e. The molecule has 1 unspecified atom stereocenters. The van der Waals surface area contributed by atoms with Gasteiger partial charge in [-0.2, -0.15) is 5.10 Å². The summed E-state index contributed by atoms with van der Waals surface area (Å²) >= 11 is 0. The fourth-order valence-corrected chi connectivity index (χ4v) is 1.67. The highest BCUT2D eigenvalue weighted by atomic mass is 16.5. The molecule has 90 valence electrons. The topological polar surface area (TPSA) is 47.3 Å². The minimum absolute atomic E-state index is 0.459. The lowest BCUT2D eigenvalue weighted by atomic mass is 10.1. The summed E-state index contributed by atoms with van der Waals surface area (Å²) in [7, 11) is 1.62. The van der Waals surface area contributed by atoms with E-state index < -0.39 is 6.10 Å². The molecule has 1 N–H and O–H groups in total. The van der Waals surface area contributed by atoms with Gasteiger partial charge in [-0.15, -0.1) is 0 Å². The molecule has 1 heterocycles. The van der Waals surface area contributed by atoms with Gasteiger partial charge in [0.1, 0.15) is 5.75 Å². The number of aryl methyl sites for hydroxylation is 1. The van der Waals surface area contributed by atoms with E-state index in [1.165, 1.54) is 0 Å². The van der Waals surface area contributed by atoms with Crippen LogP contribution < -0.4 is 4.74 Å². The van der Waals surface area contributed by atoms with Crippen molar-refractivity contribution in [2.45, 2.75) is 19.6 Å². The number of aromatic nitrogens is 2. The Labute approximate surface area is 100 Å². The number of rotatable bonds is 4. The van der Waals surface area contributed by atoms with Crippen LogP contribution in [0.3, 0.4) is 0 Å². The maximum Gasteiger partial charge on any atom is 0.118 e. The summed E-state index contributed by atoms with van der Waals surface area (Å²) in [6, 6.07) is 9.32. The van der Waals surface area contributed by atoms with Gasteiger partial charge >= 0.3 is 0 Å². The van der Waals surface area contributed by atoms with Gasteiger partial charge in [0.25, 0.3) is 0 Å². The zero-order valence-electron chi connectivity index (χ0n) is 10.00. The second kappa shape index (κ2) is 5.01. The van der Waals surface area contributed by atoms with Crippen LogP contribution in [0.2, 0.25) is 0 Å². The lowest BCUT2D eigenvalue weighted by molar-refractivity contribution is 0.151. The van der Waals surface area contributed by atoms with Crippen LogP contribution in [0, 0.1) is 6.92 Å². The highest BCUT2D eigenvalue weighted by Crippen LogP contribution is 2.18. The van der Waals surface area contributed by atoms with Crippen LogP contribution >= 0.6 is 0 Å². The SMILES string of the molecule is COc1ccc(C(O)Cn2ccc(C)n2)cc1. The average molecular weight is 232 g/mol. The lowest BCUT2D eigenvalue weighted by Crippen LogP contribution is -2.09. The second-order valence-electron chi connectivity index (χ2n) is 3.97. The quantitative estimate of drug-likeness (QED) is 0.876. The number of ether oxygens (including phenoxy) is 1. The van der Waals surface area contributed by atoms with Gasteiger partial charge in [-0.1, -0.05) is 12.1 Å². The van der Waals surface area contributed by atoms with Crippen molar-refractivity contribution in [3.05, 3.63) is 47.8 Å². The van der Waals surface area contributed by atoms with E-state index >= 15 is 0 Å². The summed E-state index contributed by atoms with van der Waals surface area (Å²) in [5.41, 5.74) is 1.81. The summed E-state index contributed by atoms with van der Waals surface area (Å²) in [6.45, 7) is 2.39. The van der Waals surface area contributed by atoms with Crippen LogP contribution in [-0.2, 0) is 6.54 Å². The first-order valence-electron chi connectivity index (χ1n) is 5.51. The fraction of sp³-hybridized carbons (Fsp3) is 0.308. The molecule has 2 aromatic rings. The number of methoxy groups -OCH3 is 1. The molecule has 1 aromatic heterocycles.